The molecule has 4 heteroatoms. The van der Waals surface area contributed by atoms with E-state index in [2.05, 4.69) is 32.9 Å². The zero-order chi connectivity index (χ0) is 19.7. The fraction of sp³-hybridized carbons (Fsp3) is 0.458. The van der Waals surface area contributed by atoms with Crippen LogP contribution in [-0.4, -0.2) is 35.8 Å². The van der Waals surface area contributed by atoms with Crippen molar-refractivity contribution >= 4 is 16.7 Å². The summed E-state index contributed by atoms with van der Waals surface area (Å²) in [6, 6.07) is 14.1. The highest BCUT2D eigenvalue weighted by molar-refractivity contribution is 7.98. The molecule has 2 aromatic carbocycles. The number of rotatable bonds is 5. The van der Waals surface area contributed by atoms with Gasteiger partial charge in [0.2, 0.25) is 5.78 Å². The molecule has 0 bridgehead atoms. The van der Waals surface area contributed by atoms with Gasteiger partial charge in [0.05, 0.1) is 13.2 Å². The van der Waals surface area contributed by atoms with Crippen molar-refractivity contribution in [3.8, 4) is 11.5 Å². The van der Waals surface area contributed by atoms with Gasteiger partial charge >= 0.3 is 0 Å². The number of ketones is 1. The molecule has 1 unspecified atom stereocenters. The number of hydrogen-bond acceptors (Lipinski definition) is 3. The Morgan fingerprint density at radius 3 is 2.54 bits per heavy atom. The summed E-state index contributed by atoms with van der Waals surface area (Å²) in [5.41, 5.74) is 3.09. The topological polar surface area (TPSA) is 35.5 Å². The van der Waals surface area contributed by atoms with Crippen molar-refractivity contribution in [3.63, 3.8) is 0 Å². The van der Waals surface area contributed by atoms with E-state index in [0.29, 0.717) is 5.78 Å². The van der Waals surface area contributed by atoms with Gasteiger partial charge in [0, 0.05) is 33.9 Å². The summed E-state index contributed by atoms with van der Waals surface area (Å²) in [5.74, 6) is 4.08. The Labute approximate surface area is 170 Å². The Hall–Kier alpha value is -1.78. The van der Waals surface area contributed by atoms with Crippen LogP contribution in [0.25, 0.3) is 0 Å². The molecule has 0 spiro atoms. The van der Waals surface area contributed by atoms with Crippen LogP contribution in [0.4, 0.5) is 0 Å². The van der Waals surface area contributed by atoms with Crippen molar-refractivity contribution in [2.45, 2.75) is 38.9 Å². The first-order chi connectivity index (χ1) is 13.5. The van der Waals surface area contributed by atoms with E-state index in [0.717, 1.165) is 60.2 Å². The van der Waals surface area contributed by atoms with E-state index >= 15 is 0 Å². The van der Waals surface area contributed by atoms with Crippen molar-refractivity contribution in [2.24, 2.45) is 5.41 Å². The molecule has 0 N–H and O–H groups in total. The molecule has 0 amide bonds. The van der Waals surface area contributed by atoms with Gasteiger partial charge in [0.25, 0.3) is 0 Å². The molecule has 2 aliphatic heterocycles. The van der Waals surface area contributed by atoms with Crippen LogP contribution in [-0.2, 0) is 22.1 Å². The van der Waals surface area contributed by atoms with Gasteiger partial charge in [-0.1, -0.05) is 39.0 Å². The largest absolute Gasteiger partial charge is 0.457 e. The second-order valence-corrected chi connectivity index (χ2v) is 10.7. The summed E-state index contributed by atoms with van der Waals surface area (Å²) < 4.78 is 11.6. The Bertz CT molecular complexity index is 868. The molecule has 2 heterocycles. The predicted molar refractivity (Wildman–Crippen MR) is 116 cm³/mol. The van der Waals surface area contributed by atoms with Gasteiger partial charge in [-0.2, -0.15) is 0 Å². The highest BCUT2D eigenvalue weighted by Gasteiger charge is 2.47. The number of ether oxygens (including phenoxy) is 2. The Morgan fingerprint density at radius 2 is 1.79 bits per heavy atom. The van der Waals surface area contributed by atoms with Gasteiger partial charge < -0.3 is 9.47 Å². The summed E-state index contributed by atoms with van der Waals surface area (Å²) in [7, 11) is 0.0739. The average molecular weight is 398 g/mol. The molecule has 28 heavy (non-hydrogen) atoms. The SMILES string of the molecule is CCC(C)(C)C(C(=O)c1ccc2c(c1)Cc1ccccc1O2)[S+]1CCOCC1. The third-order valence-electron chi connectivity index (χ3n) is 6.09. The minimum absolute atomic E-state index is 0.0173. The summed E-state index contributed by atoms with van der Waals surface area (Å²) in [4.78, 5) is 13.7. The first-order valence-corrected chi connectivity index (χ1v) is 11.8. The third-order valence-corrected chi connectivity index (χ3v) is 8.99. The number of benzene rings is 2. The fourth-order valence-corrected chi connectivity index (χ4v) is 6.96. The second-order valence-electron chi connectivity index (χ2n) is 8.35. The van der Waals surface area contributed by atoms with Crippen LogP contribution in [0.5, 0.6) is 11.5 Å². The van der Waals surface area contributed by atoms with Crippen LogP contribution in [0.3, 0.4) is 0 Å². The average Bonchev–Trinajstić information content (AvgIpc) is 2.72. The third kappa shape index (κ3) is 3.72. The number of fused-ring (bicyclic) bond motifs is 2. The smallest absolute Gasteiger partial charge is 0.215 e. The quantitative estimate of drug-likeness (QED) is 0.448. The van der Waals surface area contributed by atoms with Crippen LogP contribution >= 0.6 is 0 Å². The Balaban J connectivity index is 1.65. The molecule has 4 rings (SSSR count). The summed E-state index contributed by atoms with van der Waals surface area (Å²) in [5, 5.41) is 0.0521. The normalized spacial score (nSPS) is 18.0. The van der Waals surface area contributed by atoms with E-state index in [1.54, 1.807) is 0 Å². The Kier molecular flexibility index (Phi) is 5.52. The van der Waals surface area contributed by atoms with Crippen molar-refractivity contribution < 1.29 is 14.3 Å². The zero-order valence-electron chi connectivity index (χ0n) is 17.0. The van der Waals surface area contributed by atoms with Crippen molar-refractivity contribution in [1.29, 1.82) is 0 Å². The van der Waals surface area contributed by atoms with Crippen molar-refractivity contribution in [3.05, 3.63) is 59.2 Å². The maximum Gasteiger partial charge on any atom is 0.215 e. The fourth-order valence-electron chi connectivity index (χ4n) is 4.11. The summed E-state index contributed by atoms with van der Waals surface area (Å²) >= 11 is 0. The molecule has 2 aliphatic rings. The van der Waals surface area contributed by atoms with E-state index in [1.165, 1.54) is 5.56 Å². The van der Waals surface area contributed by atoms with Gasteiger partial charge in [-0.05, 0) is 36.2 Å². The molecule has 1 fully saturated rings. The van der Waals surface area contributed by atoms with Gasteiger partial charge in [-0.25, -0.2) is 0 Å². The van der Waals surface area contributed by atoms with Gasteiger partial charge in [0.15, 0.2) is 5.25 Å². The lowest BCUT2D eigenvalue weighted by Crippen LogP contribution is -2.48. The molecule has 1 atom stereocenters. The molecule has 0 radical (unpaired) electrons. The molecule has 0 aromatic heterocycles. The Morgan fingerprint density at radius 1 is 1.07 bits per heavy atom. The lowest BCUT2D eigenvalue weighted by atomic mass is 9.82. The number of Topliss-reactive ketones (excluding diaryl/α,β-unsaturated/α-hetero) is 1. The number of carbonyl (C=O) groups excluding carboxylic acids is 1. The molecule has 0 aliphatic carbocycles. The van der Waals surface area contributed by atoms with Gasteiger partial charge in [0.1, 0.15) is 23.0 Å². The molecule has 0 saturated carbocycles. The van der Waals surface area contributed by atoms with Crippen LogP contribution < -0.4 is 4.74 Å². The predicted octanol–water partition coefficient (Wildman–Crippen LogP) is 5.02. The highest BCUT2D eigenvalue weighted by Crippen LogP contribution is 2.39. The minimum atomic E-state index is -0.0173. The number of para-hydroxylation sites is 1. The maximum absolute atomic E-state index is 13.7. The molecule has 148 valence electrons. The first kappa shape index (κ1) is 19.5. The van der Waals surface area contributed by atoms with Gasteiger partial charge in [-0.15, -0.1) is 0 Å². The van der Waals surface area contributed by atoms with E-state index < -0.39 is 0 Å². The molecular weight excluding hydrogens is 368 g/mol. The van der Waals surface area contributed by atoms with Crippen LogP contribution in [0, 0.1) is 5.41 Å². The van der Waals surface area contributed by atoms with Crippen molar-refractivity contribution in [2.75, 3.05) is 24.7 Å². The standard InChI is InChI=1S/C24H29O3S/c1-4-24(2,3)23(28-13-11-26-12-14-28)22(25)18-9-10-21-19(16-18)15-17-7-5-6-8-20(17)27-21/h5-10,16,23H,4,11-15H2,1-3H3/q+1. The number of carbonyl (C=O) groups is 1. The first-order valence-electron chi connectivity index (χ1n) is 10.2. The van der Waals surface area contributed by atoms with E-state index in [4.69, 9.17) is 9.47 Å². The van der Waals surface area contributed by atoms with Crippen LogP contribution in [0.2, 0.25) is 0 Å². The highest BCUT2D eigenvalue weighted by atomic mass is 32.2. The second kappa shape index (κ2) is 7.92. The van der Waals surface area contributed by atoms with E-state index in [9.17, 15) is 4.79 Å². The van der Waals surface area contributed by atoms with Crippen LogP contribution in [0.1, 0.15) is 48.7 Å². The van der Waals surface area contributed by atoms with Crippen LogP contribution in [0.15, 0.2) is 42.5 Å². The minimum Gasteiger partial charge on any atom is -0.457 e. The van der Waals surface area contributed by atoms with Crippen molar-refractivity contribution in [1.82, 2.24) is 0 Å². The molecule has 2 aromatic rings. The lowest BCUT2D eigenvalue weighted by molar-refractivity contribution is 0.0935. The molecule has 3 nitrogen and oxygen atoms in total. The summed E-state index contributed by atoms with van der Waals surface area (Å²) in [6.45, 7) is 8.25. The lowest BCUT2D eigenvalue weighted by Gasteiger charge is -2.33. The molecule has 1 saturated heterocycles. The summed E-state index contributed by atoms with van der Waals surface area (Å²) in [6.07, 6.45) is 1.81. The van der Waals surface area contributed by atoms with E-state index in [-0.39, 0.29) is 21.6 Å². The zero-order valence-corrected chi connectivity index (χ0v) is 17.8. The number of hydrogen-bond donors (Lipinski definition) is 0. The molecular formula is C24H29O3S+. The van der Waals surface area contributed by atoms with Gasteiger partial charge in [-0.3, -0.25) is 4.79 Å². The van der Waals surface area contributed by atoms with E-state index in [1.807, 2.05) is 30.3 Å². The monoisotopic (exact) mass is 397 g/mol. The maximum atomic E-state index is 13.7.